The Labute approximate surface area is 188 Å². The van der Waals surface area contributed by atoms with Crippen molar-refractivity contribution in [3.8, 4) is 0 Å². The first-order valence-corrected chi connectivity index (χ1v) is 12.7. The van der Waals surface area contributed by atoms with Gasteiger partial charge < -0.3 is 10.2 Å². The number of benzene rings is 1. The molecule has 1 unspecified atom stereocenters. The molecule has 168 valence electrons. The zero-order valence-corrected chi connectivity index (χ0v) is 20.0. The number of carbonyl (C=O) groups excluding carboxylic acids is 2. The number of aryl methyl sites for hydroxylation is 1. The normalized spacial score (nSPS) is 16.9. The summed E-state index contributed by atoms with van der Waals surface area (Å²) in [6.07, 6.45) is 0.172. The number of carbonyl (C=O) groups is 2. The number of hydrogen-bond acceptors (Lipinski definition) is 5. The van der Waals surface area contributed by atoms with E-state index in [-0.39, 0.29) is 29.0 Å². The van der Waals surface area contributed by atoms with Crippen LogP contribution in [0.25, 0.3) is 0 Å². The molecular weight excluding hydrogens is 434 g/mol. The van der Waals surface area contributed by atoms with Crippen molar-refractivity contribution in [3.05, 3.63) is 46.3 Å². The molecule has 1 fully saturated rings. The minimum absolute atomic E-state index is 0.0578. The second-order valence-corrected chi connectivity index (χ2v) is 11.0. The monoisotopic (exact) mass is 463 g/mol. The summed E-state index contributed by atoms with van der Waals surface area (Å²) in [5, 5.41) is 2.87. The highest BCUT2D eigenvalue weighted by molar-refractivity contribution is 7.91. The topological polar surface area (TPSA) is 86.8 Å². The molecule has 9 heteroatoms. The number of anilines is 1. The molecule has 1 aromatic heterocycles. The van der Waals surface area contributed by atoms with Gasteiger partial charge in [0, 0.05) is 36.6 Å². The highest BCUT2D eigenvalue weighted by Crippen LogP contribution is 2.30. The van der Waals surface area contributed by atoms with Crippen LogP contribution in [0.1, 0.15) is 36.3 Å². The number of thiophene rings is 1. The second kappa shape index (κ2) is 9.50. The van der Waals surface area contributed by atoms with E-state index in [1.54, 1.807) is 30.9 Å². The third-order valence-corrected chi connectivity index (χ3v) is 9.34. The molecule has 7 nitrogen and oxygen atoms in total. The second-order valence-electron chi connectivity index (χ2n) is 7.65. The van der Waals surface area contributed by atoms with Crippen molar-refractivity contribution in [2.24, 2.45) is 5.92 Å². The molecule has 2 aromatic rings. The van der Waals surface area contributed by atoms with Crippen LogP contribution in [0.2, 0.25) is 0 Å². The van der Waals surface area contributed by atoms with Gasteiger partial charge in [0.05, 0.1) is 12.5 Å². The van der Waals surface area contributed by atoms with Gasteiger partial charge in [-0.05, 0) is 43.2 Å². The third-order valence-electron chi connectivity index (χ3n) is 5.74. The van der Waals surface area contributed by atoms with Gasteiger partial charge >= 0.3 is 0 Å². The van der Waals surface area contributed by atoms with Gasteiger partial charge in [0.1, 0.15) is 4.21 Å². The quantitative estimate of drug-likeness (QED) is 0.652. The summed E-state index contributed by atoms with van der Waals surface area (Å²) in [5.74, 6) is -0.675. The van der Waals surface area contributed by atoms with E-state index in [0.29, 0.717) is 19.6 Å². The van der Waals surface area contributed by atoms with Crippen molar-refractivity contribution in [2.75, 3.05) is 24.5 Å². The lowest BCUT2D eigenvalue weighted by molar-refractivity contribution is -0.126. The summed E-state index contributed by atoms with van der Waals surface area (Å²) in [6.45, 7) is 9.00. The molecule has 0 aliphatic carbocycles. The van der Waals surface area contributed by atoms with Gasteiger partial charge in [-0.1, -0.05) is 26.0 Å². The number of sulfonamides is 1. The standard InChI is InChI=1S/C22H29N3O4S2/c1-5-24(6-2)31(28,29)21-11-10-18(30-21)13-23-22(27)17-12-20(26)25(14-17)19-9-7-8-15(3)16(19)4/h7-11,17H,5-6,12-14H2,1-4H3,(H,23,27). The van der Waals surface area contributed by atoms with Gasteiger partial charge in [0.15, 0.2) is 0 Å². The van der Waals surface area contributed by atoms with Crippen LogP contribution in [0.5, 0.6) is 0 Å². The fourth-order valence-electron chi connectivity index (χ4n) is 3.75. The summed E-state index contributed by atoms with van der Waals surface area (Å²) in [4.78, 5) is 27.7. The van der Waals surface area contributed by atoms with Crippen LogP contribution in [0.3, 0.4) is 0 Å². The van der Waals surface area contributed by atoms with Crippen LogP contribution in [-0.2, 0) is 26.2 Å². The average molecular weight is 464 g/mol. The number of nitrogens with one attached hydrogen (secondary N) is 1. The maximum atomic E-state index is 12.7. The molecule has 1 N–H and O–H groups in total. The Bertz CT molecular complexity index is 1070. The molecule has 0 saturated carbocycles. The summed E-state index contributed by atoms with van der Waals surface area (Å²) >= 11 is 1.16. The Morgan fingerprint density at radius 2 is 1.90 bits per heavy atom. The number of rotatable bonds is 8. The zero-order chi connectivity index (χ0) is 22.8. The van der Waals surface area contributed by atoms with Crippen molar-refractivity contribution in [1.29, 1.82) is 0 Å². The Morgan fingerprint density at radius 1 is 1.19 bits per heavy atom. The van der Waals surface area contributed by atoms with Gasteiger partial charge in [-0.3, -0.25) is 9.59 Å². The lowest BCUT2D eigenvalue weighted by Gasteiger charge is -2.20. The van der Waals surface area contributed by atoms with Crippen LogP contribution >= 0.6 is 11.3 Å². The van der Waals surface area contributed by atoms with E-state index < -0.39 is 15.9 Å². The molecule has 0 radical (unpaired) electrons. The van der Waals surface area contributed by atoms with E-state index >= 15 is 0 Å². The highest BCUT2D eigenvalue weighted by Gasteiger charge is 2.35. The van der Waals surface area contributed by atoms with E-state index in [1.165, 1.54) is 4.31 Å². The van der Waals surface area contributed by atoms with E-state index in [1.807, 2.05) is 32.0 Å². The molecule has 1 atom stereocenters. The van der Waals surface area contributed by atoms with E-state index in [2.05, 4.69) is 5.32 Å². The molecule has 2 heterocycles. The molecule has 31 heavy (non-hydrogen) atoms. The average Bonchev–Trinajstić information content (AvgIpc) is 3.36. The lowest BCUT2D eigenvalue weighted by Crippen LogP contribution is -2.32. The van der Waals surface area contributed by atoms with Gasteiger partial charge in [0.25, 0.3) is 10.0 Å². The smallest absolute Gasteiger partial charge is 0.252 e. The van der Waals surface area contributed by atoms with Crippen molar-refractivity contribution in [1.82, 2.24) is 9.62 Å². The molecule has 3 rings (SSSR count). The van der Waals surface area contributed by atoms with Gasteiger partial charge in [-0.25, -0.2) is 8.42 Å². The molecular formula is C22H29N3O4S2. The fourth-order valence-corrected chi connectivity index (χ4v) is 6.65. The predicted molar refractivity (Wildman–Crippen MR) is 123 cm³/mol. The summed E-state index contributed by atoms with van der Waals surface area (Å²) in [6, 6.07) is 9.13. The van der Waals surface area contributed by atoms with Crippen LogP contribution < -0.4 is 10.2 Å². The Hall–Kier alpha value is -2.23. The van der Waals surface area contributed by atoms with Crippen molar-refractivity contribution >= 4 is 38.9 Å². The zero-order valence-electron chi connectivity index (χ0n) is 18.3. The fraction of sp³-hybridized carbons (Fsp3) is 0.455. The van der Waals surface area contributed by atoms with Crippen LogP contribution in [-0.4, -0.2) is 44.2 Å². The number of amides is 2. The Morgan fingerprint density at radius 3 is 2.58 bits per heavy atom. The summed E-state index contributed by atoms with van der Waals surface area (Å²) in [7, 11) is -3.50. The Kier molecular flexibility index (Phi) is 7.18. The third kappa shape index (κ3) is 4.83. The van der Waals surface area contributed by atoms with Crippen LogP contribution in [0, 0.1) is 19.8 Å². The van der Waals surface area contributed by atoms with Crippen molar-refractivity contribution in [3.63, 3.8) is 0 Å². The van der Waals surface area contributed by atoms with Crippen molar-refractivity contribution < 1.29 is 18.0 Å². The molecule has 2 amide bonds. The first-order valence-electron chi connectivity index (χ1n) is 10.4. The number of nitrogens with zero attached hydrogens (tertiary/aromatic N) is 2. The largest absolute Gasteiger partial charge is 0.351 e. The minimum Gasteiger partial charge on any atom is -0.351 e. The summed E-state index contributed by atoms with van der Waals surface area (Å²) < 4.78 is 26.9. The summed E-state index contributed by atoms with van der Waals surface area (Å²) in [5.41, 5.74) is 2.99. The van der Waals surface area contributed by atoms with Gasteiger partial charge in [0.2, 0.25) is 11.8 Å². The highest BCUT2D eigenvalue weighted by atomic mass is 32.2. The molecule has 1 aliphatic rings. The molecule has 1 saturated heterocycles. The van der Waals surface area contributed by atoms with Gasteiger partial charge in [-0.2, -0.15) is 4.31 Å². The first kappa shape index (κ1) is 23.4. The molecule has 1 aliphatic heterocycles. The lowest BCUT2D eigenvalue weighted by atomic mass is 10.1. The maximum absolute atomic E-state index is 12.7. The Balaban J connectivity index is 1.63. The molecule has 0 spiro atoms. The van der Waals surface area contributed by atoms with E-state index in [9.17, 15) is 18.0 Å². The van der Waals surface area contributed by atoms with Crippen LogP contribution in [0.15, 0.2) is 34.5 Å². The van der Waals surface area contributed by atoms with E-state index in [0.717, 1.165) is 33.0 Å². The minimum atomic E-state index is -3.50. The van der Waals surface area contributed by atoms with Crippen LogP contribution in [0.4, 0.5) is 5.69 Å². The predicted octanol–water partition coefficient (Wildman–Crippen LogP) is 3.06. The molecule has 1 aromatic carbocycles. The first-order chi connectivity index (χ1) is 14.7. The van der Waals surface area contributed by atoms with E-state index in [4.69, 9.17) is 0 Å². The SMILES string of the molecule is CCN(CC)S(=O)(=O)c1ccc(CNC(=O)C2CC(=O)N(c3cccc(C)c3C)C2)s1. The van der Waals surface area contributed by atoms with Gasteiger partial charge in [-0.15, -0.1) is 11.3 Å². The number of hydrogen-bond donors (Lipinski definition) is 1. The maximum Gasteiger partial charge on any atom is 0.252 e. The molecule has 0 bridgehead atoms. The van der Waals surface area contributed by atoms with Crippen molar-refractivity contribution in [2.45, 2.75) is 44.9 Å².